The van der Waals surface area contributed by atoms with Gasteiger partial charge in [0.2, 0.25) is 0 Å². The molecule has 6 rings (SSSR count). The van der Waals surface area contributed by atoms with Gasteiger partial charge in [-0.2, -0.15) is 0 Å². The zero-order chi connectivity index (χ0) is 31.3. The molecule has 0 spiro atoms. The first-order valence-corrected chi connectivity index (χ1v) is 15.3. The topological polar surface area (TPSA) is 93.2 Å². The van der Waals surface area contributed by atoms with Crippen LogP contribution in [0.2, 0.25) is 0 Å². The number of aromatic nitrogens is 1. The predicted molar refractivity (Wildman–Crippen MR) is 180 cm³/mol. The maximum absolute atomic E-state index is 13.4. The molecule has 0 aliphatic carbocycles. The Morgan fingerprint density at radius 1 is 0.933 bits per heavy atom. The number of nitrogens with one attached hydrogen (secondary N) is 2. The number of hydrogen-bond acceptors (Lipinski definition) is 6. The second-order valence-corrected chi connectivity index (χ2v) is 11.7. The summed E-state index contributed by atoms with van der Waals surface area (Å²) in [7, 11) is 3.79. The van der Waals surface area contributed by atoms with Gasteiger partial charge in [0, 0.05) is 54.8 Å². The summed E-state index contributed by atoms with van der Waals surface area (Å²) >= 11 is 0. The molecule has 1 saturated heterocycles. The van der Waals surface area contributed by atoms with E-state index in [1.54, 1.807) is 13.2 Å². The third-order valence-electron chi connectivity index (χ3n) is 8.42. The molecular formula is C37H39N5O3. The van der Waals surface area contributed by atoms with Crippen molar-refractivity contribution in [2.75, 3.05) is 40.3 Å². The molecule has 1 aliphatic heterocycles. The van der Waals surface area contributed by atoms with Gasteiger partial charge in [-0.25, -0.2) is 4.99 Å². The summed E-state index contributed by atoms with van der Waals surface area (Å²) < 4.78 is 5.35. The number of rotatable bonds is 9. The van der Waals surface area contributed by atoms with Crippen molar-refractivity contribution in [2.24, 2.45) is 4.99 Å². The van der Waals surface area contributed by atoms with E-state index in [1.165, 1.54) is 5.56 Å². The smallest absolute Gasteiger partial charge is 0.251 e. The van der Waals surface area contributed by atoms with E-state index >= 15 is 0 Å². The Kier molecular flexibility index (Phi) is 8.96. The summed E-state index contributed by atoms with van der Waals surface area (Å²) in [4.78, 5) is 26.5. The molecule has 4 aromatic carbocycles. The van der Waals surface area contributed by atoms with Crippen LogP contribution in [0.1, 0.15) is 45.6 Å². The second kappa shape index (κ2) is 13.4. The van der Waals surface area contributed by atoms with E-state index in [9.17, 15) is 9.90 Å². The van der Waals surface area contributed by atoms with Crippen LogP contribution in [0.15, 0.2) is 102 Å². The van der Waals surface area contributed by atoms with Gasteiger partial charge in [-0.05, 0) is 67.6 Å². The molecule has 230 valence electrons. The van der Waals surface area contributed by atoms with Crippen LogP contribution in [-0.2, 0) is 6.54 Å². The lowest BCUT2D eigenvalue weighted by molar-refractivity contribution is 0.0940. The van der Waals surface area contributed by atoms with Crippen molar-refractivity contribution in [1.29, 1.82) is 0 Å². The normalized spacial score (nSPS) is 15.2. The molecule has 0 bridgehead atoms. The summed E-state index contributed by atoms with van der Waals surface area (Å²) in [6, 6.07) is 30.9. The highest BCUT2D eigenvalue weighted by atomic mass is 16.5. The van der Waals surface area contributed by atoms with E-state index in [0.29, 0.717) is 27.7 Å². The van der Waals surface area contributed by atoms with Gasteiger partial charge >= 0.3 is 0 Å². The molecule has 1 fully saturated rings. The molecule has 8 heteroatoms. The highest BCUT2D eigenvalue weighted by molar-refractivity contribution is 6.22. The van der Waals surface area contributed by atoms with Crippen molar-refractivity contribution in [3.63, 3.8) is 0 Å². The zero-order valence-electron chi connectivity index (χ0n) is 26.0. The first-order chi connectivity index (χ1) is 21.9. The first-order valence-electron chi connectivity index (χ1n) is 15.3. The quantitative estimate of drug-likeness (QED) is 0.173. The Labute approximate surface area is 264 Å². The Morgan fingerprint density at radius 2 is 1.71 bits per heavy atom. The summed E-state index contributed by atoms with van der Waals surface area (Å²) in [5.41, 5.74) is 6.17. The second-order valence-electron chi connectivity index (χ2n) is 11.7. The molecule has 2 heterocycles. The van der Waals surface area contributed by atoms with Gasteiger partial charge in [0.15, 0.2) is 5.88 Å². The number of methoxy groups -OCH3 is 1. The fourth-order valence-corrected chi connectivity index (χ4v) is 5.81. The molecule has 3 N–H and O–H groups in total. The summed E-state index contributed by atoms with van der Waals surface area (Å²) in [6.07, 6.45) is 0. The van der Waals surface area contributed by atoms with Gasteiger partial charge in [0.1, 0.15) is 5.75 Å². The Balaban J connectivity index is 1.34. The molecule has 1 amide bonds. The van der Waals surface area contributed by atoms with Crippen molar-refractivity contribution in [1.82, 2.24) is 20.1 Å². The largest absolute Gasteiger partial charge is 0.497 e. The lowest BCUT2D eigenvalue weighted by atomic mass is 9.99. The maximum Gasteiger partial charge on any atom is 0.251 e. The first kappa shape index (κ1) is 30.1. The van der Waals surface area contributed by atoms with E-state index in [-0.39, 0.29) is 17.8 Å². The van der Waals surface area contributed by atoms with Gasteiger partial charge < -0.3 is 25.0 Å². The minimum absolute atomic E-state index is 0.00324. The molecule has 0 unspecified atom stereocenters. The average molecular weight is 602 g/mol. The van der Waals surface area contributed by atoms with Crippen LogP contribution in [-0.4, -0.2) is 71.8 Å². The fourth-order valence-electron chi connectivity index (χ4n) is 5.81. The van der Waals surface area contributed by atoms with Crippen molar-refractivity contribution in [3.05, 3.63) is 125 Å². The number of nitrogens with zero attached hydrogens (tertiary/aromatic N) is 3. The molecule has 1 atom stereocenters. The molecule has 8 nitrogen and oxygen atoms in total. The van der Waals surface area contributed by atoms with Crippen molar-refractivity contribution < 1.29 is 14.6 Å². The number of hydrogen-bond donors (Lipinski definition) is 3. The van der Waals surface area contributed by atoms with Crippen LogP contribution >= 0.6 is 0 Å². The van der Waals surface area contributed by atoms with Crippen molar-refractivity contribution in [2.45, 2.75) is 19.5 Å². The Morgan fingerprint density at radius 3 is 2.49 bits per heavy atom. The van der Waals surface area contributed by atoms with Crippen LogP contribution in [0.3, 0.4) is 0 Å². The van der Waals surface area contributed by atoms with E-state index in [1.807, 2.05) is 85.8 Å². The monoisotopic (exact) mass is 601 g/mol. The number of benzene rings is 4. The minimum Gasteiger partial charge on any atom is -0.497 e. The van der Waals surface area contributed by atoms with Crippen LogP contribution in [0, 0.1) is 0 Å². The van der Waals surface area contributed by atoms with E-state index in [0.717, 1.165) is 55.3 Å². The predicted octanol–water partition coefficient (Wildman–Crippen LogP) is 6.29. The van der Waals surface area contributed by atoms with Gasteiger partial charge in [-0.15, -0.1) is 0 Å². The SMILES string of the molecule is COc1cccc([C@@H](C)NC(=O)c2ccc3[nH]c(O)c(C(=Nc4cccc(CN5CCN(C)CC5)c4)c4ccccc4)c3c2)c1. The highest BCUT2D eigenvalue weighted by Crippen LogP contribution is 2.33. The third-order valence-corrected chi connectivity index (χ3v) is 8.42. The molecule has 5 aromatic rings. The molecular weight excluding hydrogens is 562 g/mol. The van der Waals surface area contributed by atoms with Gasteiger partial charge in [-0.3, -0.25) is 9.69 Å². The van der Waals surface area contributed by atoms with Crippen LogP contribution in [0.4, 0.5) is 5.69 Å². The molecule has 1 aromatic heterocycles. The van der Waals surface area contributed by atoms with Crippen molar-refractivity contribution >= 4 is 28.2 Å². The number of aromatic hydroxyl groups is 1. The number of piperazine rings is 1. The molecule has 45 heavy (non-hydrogen) atoms. The molecule has 0 radical (unpaired) electrons. The van der Waals surface area contributed by atoms with E-state index in [4.69, 9.17) is 9.73 Å². The zero-order valence-corrected chi connectivity index (χ0v) is 26.0. The average Bonchev–Trinajstić information content (AvgIpc) is 3.39. The third kappa shape index (κ3) is 6.93. The van der Waals surface area contributed by atoms with Gasteiger partial charge in [-0.1, -0.05) is 54.6 Å². The number of carbonyl (C=O) groups excluding carboxylic acids is 1. The van der Waals surface area contributed by atoms with Crippen LogP contribution in [0.5, 0.6) is 11.6 Å². The lowest BCUT2D eigenvalue weighted by Crippen LogP contribution is -2.43. The molecule has 1 aliphatic rings. The number of H-pyrrole nitrogens is 1. The number of amides is 1. The maximum atomic E-state index is 13.4. The summed E-state index contributed by atoms with van der Waals surface area (Å²) in [6.45, 7) is 7.01. The van der Waals surface area contributed by atoms with E-state index < -0.39 is 0 Å². The number of carbonyl (C=O) groups is 1. The number of fused-ring (bicyclic) bond motifs is 1. The fraction of sp³-hybridized carbons (Fsp3) is 0.243. The summed E-state index contributed by atoms with van der Waals surface area (Å²) in [5, 5.41) is 15.1. The van der Waals surface area contributed by atoms with Crippen molar-refractivity contribution in [3.8, 4) is 11.6 Å². The Bertz CT molecular complexity index is 1820. The number of likely N-dealkylation sites (N-methyl/N-ethyl adjacent to an activating group) is 1. The number of aliphatic imine (C=N–C) groups is 1. The summed E-state index contributed by atoms with van der Waals surface area (Å²) in [5.74, 6) is 0.525. The number of aromatic amines is 1. The number of ether oxygens (including phenoxy) is 1. The van der Waals surface area contributed by atoms with Gasteiger partial charge in [0.05, 0.1) is 30.1 Å². The highest BCUT2D eigenvalue weighted by Gasteiger charge is 2.21. The Hall–Kier alpha value is -4.92. The van der Waals surface area contributed by atoms with Crippen LogP contribution in [0.25, 0.3) is 10.9 Å². The minimum atomic E-state index is -0.234. The molecule has 0 saturated carbocycles. The van der Waals surface area contributed by atoms with Crippen LogP contribution < -0.4 is 10.1 Å². The van der Waals surface area contributed by atoms with Gasteiger partial charge in [0.25, 0.3) is 5.91 Å². The standard InChI is InChI=1S/C37H39N5O3/c1-25(28-12-8-14-31(22-28)45-3)38-36(43)29-15-16-33-32(23-29)34(37(44)40-33)35(27-10-5-4-6-11-27)39-30-13-7-9-26(21-30)24-42-19-17-41(2)18-20-42/h4-16,21-23,25,40,44H,17-20,24H2,1-3H3,(H,38,43)/t25-/m1/s1. The lowest BCUT2D eigenvalue weighted by Gasteiger charge is -2.32. The van der Waals surface area contributed by atoms with E-state index in [2.05, 4.69) is 39.3 Å².